The number of benzene rings is 3. The van der Waals surface area contributed by atoms with Crippen LogP contribution in [0.4, 0.5) is 0 Å². The van der Waals surface area contributed by atoms with E-state index in [1.54, 1.807) is 12.1 Å². The highest BCUT2D eigenvalue weighted by Gasteiger charge is 2.17. The SMILES string of the molecule is O=C(O)c1cccc2nc(-c3ccccc3OCc3ccccc3)oc12. The molecular weight excluding hydrogens is 330 g/mol. The van der Waals surface area contributed by atoms with Crippen molar-refractivity contribution in [3.63, 3.8) is 0 Å². The monoisotopic (exact) mass is 345 g/mol. The van der Waals surface area contributed by atoms with E-state index in [-0.39, 0.29) is 11.1 Å². The molecule has 0 aliphatic heterocycles. The van der Waals surface area contributed by atoms with E-state index >= 15 is 0 Å². The first kappa shape index (κ1) is 15.9. The molecule has 0 fully saturated rings. The quantitative estimate of drug-likeness (QED) is 0.564. The molecule has 4 rings (SSSR count). The smallest absolute Gasteiger partial charge is 0.339 e. The molecular formula is C21H15NO4. The van der Waals surface area contributed by atoms with E-state index in [0.29, 0.717) is 29.3 Å². The van der Waals surface area contributed by atoms with Gasteiger partial charge in [0.1, 0.15) is 23.4 Å². The van der Waals surface area contributed by atoms with Gasteiger partial charge in [0.2, 0.25) is 5.89 Å². The lowest BCUT2D eigenvalue weighted by atomic mass is 10.2. The van der Waals surface area contributed by atoms with Crippen molar-refractivity contribution in [1.29, 1.82) is 0 Å². The van der Waals surface area contributed by atoms with Gasteiger partial charge in [-0.2, -0.15) is 0 Å². The molecule has 5 heteroatoms. The molecule has 0 atom stereocenters. The fourth-order valence-corrected chi connectivity index (χ4v) is 2.74. The van der Waals surface area contributed by atoms with Crippen molar-refractivity contribution in [3.05, 3.63) is 83.9 Å². The maximum Gasteiger partial charge on any atom is 0.339 e. The Morgan fingerprint density at radius 2 is 1.73 bits per heavy atom. The van der Waals surface area contributed by atoms with Crippen LogP contribution in [0.25, 0.3) is 22.6 Å². The number of fused-ring (bicyclic) bond motifs is 1. The molecule has 3 aromatic carbocycles. The normalized spacial score (nSPS) is 10.8. The maximum absolute atomic E-state index is 11.4. The van der Waals surface area contributed by atoms with E-state index < -0.39 is 5.97 Å². The first-order chi connectivity index (χ1) is 12.7. The lowest BCUT2D eigenvalue weighted by molar-refractivity contribution is 0.0698. The van der Waals surface area contributed by atoms with Crippen molar-refractivity contribution in [2.45, 2.75) is 6.61 Å². The standard InChI is InChI=1S/C21H15NO4/c23-21(24)16-10-6-11-17-19(16)26-20(22-17)15-9-4-5-12-18(15)25-13-14-7-2-1-3-8-14/h1-12H,13H2,(H,23,24). The predicted molar refractivity (Wildman–Crippen MR) is 97.2 cm³/mol. The molecule has 1 heterocycles. The van der Waals surface area contributed by atoms with Crippen LogP contribution in [0.3, 0.4) is 0 Å². The molecule has 0 amide bonds. The van der Waals surface area contributed by atoms with E-state index in [9.17, 15) is 9.90 Å². The zero-order valence-electron chi connectivity index (χ0n) is 13.8. The van der Waals surface area contributed by atoms with Gasteiger partial charge in [0, 0.05) is 0 Å². The van der Waals surface area contributed by atoms with Crippen molar-refractivity contribution >= 4 is 17.1 Å². The summed E-state index contributed by atoms with van der Waals surface area (Å²) in [5, 5.41) is 9.32. The van der Waals surface area contributed by atoms with Crippen LogP contribution in [0.5, 0.6) is 5.75 Å². The number of nitrogens with zero attached hydrogens (tertiary/aromatic N) is 1. The van der Waals surface area contributed by atoms with E-state index in [4.69, 9.17) is 9.15 Å². The minimum absolute atomic E-state index is 0.0870. The first-order valence-corrected chi connectivity index (χ1v) is 8.11. The molecule has 5 nitrogen and oxygen atoms in total. The number of aromatic nitrogens is 1. The molecule has 128 valence electrons. The van der Waals surface area contributed by atoms with Crippen LogP contribution in [0, 0.1) is 0 Å². The van der Waals surface area contributed by atoms with Gasteiger partial charge in [-0.25, -0.2) is 9.78 Å². The third-order valence-corrected chi connectivity index (χ3v) is 4.00. The van der Waals surface area contributed by atoms with Gasteiger partial charge >= 0.3 is 5.97 Å². The molecule has 1 aromatic heterocycles. The maximum atomic E-state index is 11.4. The van der Waals surface area contributed by atoms with Gasteiger partial charge in [-0.3, -0.25) is 0 Å². The Kier molecular flexibility index (Phi) is 4.11. The summed E-state index contributed by atoms with van der Waals surface area (Å²) in [6, 6.07) is 22.1. The Hall–Kier alpha value is -3.60. The summed E-state index contributed by atoms with van der Waals surface area (Å²) in [5.74, 6) is -0.0935. The van der Waals surface area contributed by atoms with Gasteiger partial charge in [0.15, 0.2) is 5.58 Å². The van der Waals surface area contributed by atoms with Crippen LogP contribution in [-0.2, 0) is 6.61 Å². The fraction of sp³-hybridized carbons (Fsp3) is 0.0476. The Morgan fingerprint density at radius 3 is 2.54 bits per heavy atom. The summed E-state index contributed by atoms with van der Waals surface area (Å²) in [5.41, 5.74) is 2.57. The summed E-state index contributed by atoms with van der Waals surface area (Å²) in [6.07, 6.45) is 0. The molecule has 0 radical (unpaired) electrons. The van der Waals surface area contributed by atoms with E-state index in [1.165, 1.54) is 6.07 Å². The molecule has 4 aromatic rings. The minimum Gasteiger partial charge on any atom is -0.488 e. The number of rotatable bonds is 5. The predicted octanol–water partition coefficient (Wildman–Crippen LogP) is 4.77. The highest BCUT2D eigenvalue weighted by Crippen LogP contribution is 2.33. The Labute approximate surface area is 149 Å². The van der Waals surface area contributed by atoms with Crippen LogP contribution >= 0.6 is 0 Å². The zero-order chi connectivity index (χ0) is 17.9. The number of hydrogen-bond donors (Lipinski definition) is 1. The second-order valence-electron chi connectivity index (χ2n) is 5.75. The van der Waals surface area contributed by atoms with Crippen LogP contribution in [0.15, 0.2) is 77.2 Å². The zero-order valence-corrected chi connectivity index (χ0v) is 13.8. The lowest BCUT2D eigenvalue weighted by Gasteiger charge is -2.09. The number of oxazole rings is 1. The fourth-order valence-electron chi connectivity index (χ4n) is 2.74. The Morgan fingerprint density at radius 1 is 0.962 bits per heavy atom. The van der Waals surface area contributed by atoms with Crippen LogP contribution < -0.4 is 4.74 Å². The molecule has 0 saturated heterocycles. The number of hydrogen-bond acceptors (Lipinski definition) is 4. The third-order valence-electron chi connectivity index (χ3n) is 4.00. The molecule has 0 aliphatic carbocycles. The topological polar surface area (TPSA) is 72.6 Å². The number of carboxylic acids is 1. The molecule has 1 N–H and O–H groups in total. The van der Waals surface area contributed by atoms with Crippen molar-refractivity contribution in [2.24, 2.45) is 0 Å². The van der Waals surface area contributed by atoms with Gasteiger partial charge < -0.3 is 14.3 Å². The average Bonchev–Trinajstić information content (AvgIpc) is 3.11. The summed E-state index contributed by atoms with van der Waals surface area (Å²) < 4.78 is 11.7. The number of ether oxygens (including phenoxy) is 1. The number of carboxylic acid groups (broad SMARTS) is 1. The molecule has 0 aliphatic rings. The largest absolute Gasteiger partial charge is 0.488 e. The number of aromatic carboxylic acids is 1. The van der Waals surface area contributed by atoms with Crippen molar-refractivity contribution in [3.8, 4) is 17.2 Å². The van der Waals surface area contributed by atoms with Gasteiger partial charge in [0.05, 0.1) is 5.56 Å². The van der Waals surface area contributed by atoms with Crippen LogP contribution in [-0.4, -0.2) is 16.1 Å². The number of para-hydroxylation sites is 2. The second-order valence-corrected chi connectivity index (χ2v) is 5.75. The lowest BCUT2D eigenvalue weighted by Crippen LogP contribution is -1.96. The van der Waals surface area contributed by atoms with Crippen molar-refractivity contribution in [1.82, 2.24) is 4.98 Å². The highest BCUT2D eigenvalue weighted by molar-refractivity contribution is 6.00. The first-order valence-electron chi connectivity index (χ1n) is 8.11. The molecule has 26 heavy (non-hydrogen) atoms. The summed E-state index contributed by atoms with van der Waals surface area (Å²) in [4.78, 5) is 15.8. The Balaban J connectivity index is 1.71. The third kappa shape index (κ3) is 3.02. The summed E-state index contributed by atoms with van der Waals surface area (Å²) in [6.45, 7) is 0.415. The van der Waals surface area contributed by atoms with E-state index in [0.717, 1.165) is 5.56 Å². The molecule has 0 bridgehead atoms. The second kappa shape index (κ2) is 6.72. The minimum atomic E-state index is -1.05. The Bertz CT molecular complexity index is 1070. The summed E-state index contributed by atoms with van der Waals surface area (Å²) >= 11 is 0. The van der Waals surface area contributed by atoms with Gasteiger partial charge in [-0.1, -0.05) is 48.5 Å². The average molecular weight is 345 g/mol. The van der Waals surface area contributed by atoms with E-state index in [2.05, 4.69) is 4.98 Å². The summed E-state index contributed by atoms with van der Waals surface area (Å²) in [7, 11) is 0. The molecule has 0 saturated carbocycles. The van der Waals surface area contributed by atoms with Crippen LogP contribution in [0.2, 0.25) is 0 Å². The van der Waals surface area contributed by atoms with E-state index in [1.807, 2.05) is 54.6 Å². The highest BCUT2D eigenvalue weighted by atomic mass is 16.5. The van der Waals surface area contributed by atoms with Gasteiger partial charge in [0.25, 0.3) is 0 Å². The number of carbonyl (C=O) groups is 1. The van der Waals surface area contributed by atoms with Crippen molar-refractivity contribution in [2.75, 3.05) is 0 Å². The molecule has 0 unspecified atom stereocenters. The van der Waals surface area contributed by atoms with Crippen LogP contribution in [0.1, 0.15) is 15.9 Å². The molecule has 0 spiro atoms. The van der Waals surface area contributed by atoms with Gasteiger partial charge in [-0.05, 0) is 29.8 Å². The van der Waals surface area contributed by atoms with Gasteiger partial charge in [-0.15, -0.1) is 0 Å². The van der Waals surface area contributed by atoms with Crippen molar-refractivity contribution < 1.29 is 19.1 Å².